The van der Waals surface area contributed by atoms with E-state index in [4.69, 9.17) is 14.2 Å². The van der Waals surface area contributed by atoms with Gasteiger partial charge in [-0.3, -0.25) is 4.68 Å². The molecule has 2 aromatic rings. The van der Waals surface area contributed by atoms with Crippen LogP contribution in [0.5, 0.6) is 0 Å². The van der Waals surface area contributed by atoms with E-state index in [-0.39, 0.29) is 11.3 Å². The number of imide groups is 1. The first-order chi connectivity index (χ1) is 14.8. The molecular weight excluding hydrogens is 414 g/mol. The van der Waals surface area contributed by atoms with Gasteiger partial charge in [-0.15, -0.1) is 0 Å². The third-order valence-corrected chi connectivity index (χ3v) is 4.64. The summed E-state index contributed by atoms with van der Waals surface area (Å²) < 4.78 is 17.8. The predicted molar refractivity (Wildman–Crippen MR) is 118 cm³/mol. The minimum atomic E-state index is -0.947. The first-order valence-electron chi connectivity index (χ1n) is 10.3. The van der Waals surface area contributed by atoms with Crippen LogP contribution in [-0.2, 0) is 27.2 Å². The molecule has 3 rings (SSSR count). The molecule has 1 aliphatic rings. The fourth-order valence-corrected chi connectivity index (χ4v) is 3.50. The van der Waals surface area contributed by atoms with Crippen LogP contribution >= 0.6 is 0 Å². The number of aromatic nitrogens is 2. The highest BCUT2D eigenvalue weighted by atomic mass is 16.6. The summed E-state index contributed by atoms with van der Waals surface area (Å²) in [5.74, 6) is -0.665. The molecule has 9 heteroatoms. The minimum Gasteiger partial charge on any atom is -0.465 e. The Kier molecular flexibility index (Phi) is 6.04. The van der Waals surface area contributed by atoms with Gasteiger partial charge in [0.05, 0.1) is 24.1 Å². The minimum absolute atomic E-state index is 0.0482. The van der Waals surface area contributed by atoms with Crippen molar-refractivity contribution in [2.45, 2.75) is 65.7 Å². The average molecular weight is 444 g/mol. The smallest absolute Gasteiger partial charge is 0.424 e. The molecule has 0 fully saturated rings. The Morgan fingerprint density at radius 3 is 2.09 bits per heavy atom. The van der Waals surface area contributed by atoms with Gasteiger partial charge in [0.2, 0.25) is 0 Å². The van der Waals surface area contributed by atoms with E-state index in [1.54, 1.807) is 53.8 Å². The Labute approximate surface area is 187 Å². The molecule has 0 aliphatic carbocycles. The number of rotatable bonds is 2. The van der Waals surface area contributed by atoms with Gasteiger partial charge < -0.3 is 14.2 Å². The maximum absolute atomic E-state index is 13.1. The molecule has 9 nitrogen and oxygen atoms in total. The number of carbonyl (C=O) groups excluding carboxylic acids is 3. The number of ether oxygens (including phenoxy) is 3. The topological polar surface area (TPSA) is 100.0 Å². The number of methoxy groups -OCH3 is 1. The van der Waals surface area contributed by atoms with Crippen LogP contribution in [0.25, 0.3) is 11.3 Å². The number of esters is 1. The molecule has 1 aromatic heterocycles. The highest BCUT2D eigenvalue weighted by Crippen LogP contribution is 2.37. The lowest BCUT2D eigenvalue weighted by Crippen LogP contribution is -2.44. The molecule has 0 radical (unpaired) electrons. The van der Waals surface area contributed by atoms with E-state index < -0.39 is 29.4 Å². The van der Waals surface area contributed by atoms with Gasteiger partial charge in [0, 0.05) is 18.3 Å². The summed E-state index contributed by atoms with van der Waals surface area (Å²) in [4.78, 5) is 39.9. The zero-order valence-corrected chi connectivity index (χ0v) is 19.5. The zero-order valence-electron chi connectivity index (χ0n) is 19.5. The van der Waals surface area contributed by atoms with Crippen molar-refractivity contribution in [3.05, 3.63) is 35.5 Å². The van der Waals surface area contributed by atoms with E-state index >= 15 is 0 Å². The molecule has 0 saturated heterocycles. The van der Waals surface area contributed by atoms with Crippen LogP contribution in [0.4, 0.5) is 15.3 Å². The van der Waals surface area contributed by atoms with Crippen LogP contribution in [-0.4, -0.2) is 46.2 Å². The van der Waals surface area contributed by atoms with Gasteiger partial charge in [-0.1, -0.05) is 6.07 Å². The van der Waals surface area contributed by atoms with E-state index in [0.717, 1.165) is 16.2 Å². The Morgan fingerprint density at radius 2 is 1.56 bits per heavy atom. The molecule has 0 unspecified atom stereocenters. The summed E-state index contributed by atoms with van der Waals surface area (Å²) in [7, 11) is 1.25. The third kappa shape index (κ3) is 4.76. The number of hydrogen-bond acceptors (Lipinski definition) is 7. The molecule has 0 atom stereocenters. The van der Waals surface area contributed by atoms with Crippen molar-refractivity contribution in [2.75, 3.05) is 12.0 Å². The van der Waals surface area contributed by atoms with Crippen LogP contribution < -0.4 is 4.90 Å². The fourth-order valence-electron chi connectivity index (χ4n) is 3.50. The summed E-state index contributed by atoms with van der Waals surface area (Å²) in [6.07, 6.45) is 0.262. The van der Waals surface area contributed by atoms with Gasteiger partial charge >= 0.3 is 18.2 Å². The number of anilines is 1. The largest absolute Gasteiger partial charge is 0.465 e. The number of carbonyl (C=O) groups is 3. The first-order valence-corrected chi connectivity index (χ1v) is 10.3. The van der Waals surface area contributed by atoms with E-state index in [1.165, 1.54) is 13.2 Å². The normalized spacial score (nSPS) is 13.0. The van der Waals surface area contributed by atoms with E-state index in [9.17, 15) is 14.4 Å². The molecule has 0 bridgehead atoms. The number of aryl methyl sites for hydroxylation is 1. The number of nitrogens with zero attached hydrogens (tertiary/aromatic N) is 3. The van der Waals surface area contributed by atoms with Crippen LogP contribution in [0.3, 0.4) is 0 Å². The fraction of sp³-hybridized carbons (Fsp3) is 0.478. The van der Waals surface area contributed by atoms with E-state index in [0.29, 0.717) is 18.5 Å². The van der Waals surface area contributed by atoms with Gasteiger partial charge in [0.15, 0.2) is 0 Å². The summed E-state index contributed by atoms with van der Waals surface area (Å²) in [6.45, 7) is 10.7. The maximum Gasteiger partial charge on any atom is 0.424 e. The average Bonchev–Trinajstić information content (AvgIpc) is 3.13. The molecule has 172 valence electrons. The van der Waals surface area contributed by atoms with Crippen molar-refractivity contribution in [3.63, 3.8) is 0 Å². The number of benzene rings is 1. The lowest BCUT2D eigenvalue weighted by Gasteiger charge is -2.30. The van der Waals surface area contributed by atoms with Crippen molar-refractivity contribution in [3.8, 4) is 11.3 Å². The molecule has 2 heterocycles. The summed E-state index contributed by atoms with van der Waals surface area (Å²) >= 11 is 0. The summed E-state index contributed by atoms with van der Waals surface area (Å²) in [5.41, 5.74) is 0.712. The molecule has 2 amide bonds. The maximum atomic E-state index is 13.1. The van der Waals surface area contributed by atoms with Crippen LogP contribution in [0.15, 0.2) is 24.4 Å². The van der Waals surface area contributed by atoms with Gasteiger partial charge in [-0.2, -0.15) is 10.00 Å². The van der Waals surface area contributed by atoms with Gasteiger partial charge in [-0.25, -0.2) is 14.4 Å². The predicted octanol–water partition coefficient (Wildman–Crippen LogP) is 4.57. The van der Waals surface area contributed by atoms with Crippen molar-refractivity contribution < 1.29 is 28.6 Å². The van der Waals surface area contributed by atoms with Crippen LogP contribution in [0.2, 0.25) is 0 Å². The quantitative estimate of drug-likeness (QED) is 0.495. The summed E-state index contributed by atoms with van der Waals surface area (Å²) in [6, 6.07) is 5.13. The van der Waals surface area contributed by atoms with Gasteiger partial charge in [0.1, 0.15) is 11.2 Å². The number of hydrogen-bond donors (Lipinski definition) is 0. The summed E-state index contributed by atoms with van der Waals surface area (Å²) in [5, 5.41) is 4.29. The van der Waals surface area contributed by atoms with Crippen molar-refractivity contribution in [1.29, 1.82) is 0 Å². The van der Waals surface area contributed by atoms with E-state index in [1.807, 2.05) is 10.7 Å². The monoisotopic (exact) mass is 443 g/mol. The Morgan fingerprint density at radius 1 is 0.969 bits per heavy atom. The Hall–Kier alpha value is -3.36. The Bertz CT molecular complexity index is 1030. The second-order valence-electron chi connectivity index (χ2n) is 9.46. The van der Waals surface area contributed by atoms with Crippen LogP contribution in [0, 0.1) is 0 Å². The first kappa shape index (κ1) is 23.3. The van der Waals surface area contributed by atoms with Gasteiger partial charge in [0.25, 0.3) is 0 Å². The second kappa shape index (κ2) is 8.29. The van der Waals surface area contributed by atoms with Crippen molar-refractivity contribution in [1.82, 2.24) is 9.78 Å². The second-order valence-corrected chi connectivity index (χ2v) is 9.46. The van der Waals surface area contributed by atoms with Gasteiger partial charge in [-0.05, 0) is 65.7 Å². The number of fused-ring (bicyclic) bond motifs is 3. The molecule has 1 aliphatic heterocycles. The third-order valence-electron chi connectivity index (χ3n) is 4.64. The molecular formula is C23H29N3O6. The molecule has 0 N–H and O–H groups in total. The van der Waals surface area contributed by atoms with Crippen molar-refractivity contribution in [2.24, 2.45) is 0 Å². The highest BCUT2D eigenvalue weighted by Gasteiger charge is 2.37. The SMILES string of the molecule is COC(=O)c1c(N(C(=O)OC(C)(C)C)C(=O)OC(C)(C)C)ccc2c1CCn1nccc1-2. The molecule has 0 saturated carbocycles. The van der Waals surface area contributed by atoms with Crippen LogP contribution in [0.1, 0.15) is 57.5 Å². The van der Waals surface area contributed by atoms with Crippen molar-refractivity contribution >= 4 is 23.8 Å². The molecule has 32 heavy (non-hydrogen) atoms. The lowest BCUT2D eigenvalue weighted by atomic mass is 9.92. The Balaban J connectivity index is 2.21. The lowest BCUT2D eigenvalue weighted by molar-refractivity contribution is 0.0430. The molecule has 1 aromatic carbocycles. The van der Waals surface area contributed by atoms with E-state index in [2.05, 4.69) is 5.10 Å². The number of amides is 2. The molecule has 0 spiro atoms. The zero-order chi connectivity index (χ0) is 23.8. The highest BCUT2D eigenvalue weighted by molar-refractivity contribution is 6.14. The standard InChI is InChI=1S/C23H29N3O6/c1-22(2,3)31-20(28)26(21(29)32-23(4,5)6)17-9-8-14-15(18(17)19(27)30-7)11-13-25-16(14)10-12-24-25/h8-10,12H,11,13H2,1-7H3.